The predicted molar refractivity (Wildman–Crippen MR) is 351 cm³/mol. The Morgan fingerprint density at radius 2 is 0.944 bits per heavy atom. The summed E-state index contributed by atoms with van der Waals surface area (Å²) in [5, 5.41) is 1.49. The molecule has 0 radical (unpaired) electrons. The standard InChI is InChI=1S/2C35H44ClN3O5S/c2*1-38(34(41)23-8-9-23)30-7-3-2-4-17-45(42,43)37-33(40)25-11-15-32-31(19-25)39(20-26-10-13-28(26)30)21-35(22-44-32)16-5-6-24-18-27(36)12-14-29(24)35/h2*11-12,14-15,18-19,23,26,28,30H,2-10,13,16-17,20-22H2,1H3,(H,37,40)/t26-,28+,30+,35-;26-,28+,30-,35-/m00/s1. The number of hydrogen-bond acceptors (Lipinski definition) is 12. The van der Waals surface area contributed by atoms with Crippen LogP contribution in [0.15, 0.2) is 72.8 Å². The van der Waals surface area contributed by atoms with Gasteiger partial charge in [0.15, 0.2) is 0 Å². The van der Waals surface area contributed by atoms with Crippen LogP contribution in [0.3, 0.4) is 0 Å². The monoisotopic (exact) mass is 1310 g/mol. The minimum atomic E-state index is -3.78. The number of anilines is 2. The van der Waals surface area contributed by atoms with E-state index in [0.29, 0.717) is 72.4 Å². The first kappa shape index (κ1) is 63.2. The molecule has 0 saturated heterocycles. The molecule has 10 aliphatic rings. The molecule has 20 heteroatoms. The lowest BCUT2D eigenvalue weighted by molar-refractivity contribution is -0.137. The molecule has 4 aromatic rings. The van der Waals surface area contributed by atoms with Gasteiger partial charge in [0, 0.05) is 96.2 Å². The highest BCUT2D eigenvalue weighted by Crippen LogP contribution is 2.51. The third-order valence-electron chi connectivity index (χ3n) is 22.3. The lowest BCUT2D eigenvalue weighted by Crippen LogP contribution is -2.53. The molecule has 4 bridgehead atoms. The molecule has 14 rings (SSSR count). The number of carbonyl (C=O) groups excluding carboxylic acids is 4. The summed E-state index contributed by atoms with van der Waals surface area (Å²) in [5.74, 6) is 2.40. The number of sulfonamides is 2. The van der Waals surface area contributed by atoms with Crippen molar-refractivity contribution < 1.29 is 45.5 Å². The first-order valence-electron chi connectivity index (χ1n) is 33.5. The van der Waals surface area contributed by atoms with Crippen LogP contribution in [-0.4, -0.2) is 127 Å². The van der Waals surface area contributed by atoms with E-state index in [-0.39, 0.29) is 58.1 Å². The summed E-state index contributed by atoms with van der Waals surface area (Å²) in [6.07, 6.45) is 20.1. The molecule has 4 fully saturated rings. The fourth-order valence-corrected chi connectivity index (χ4v) is 19.4. The van der Waals surface area contributed by atoms with Crippen LogP contribution >= 0.6 is 23.2 Å². The lowest BCUT2D eigenvalue weighted by Gasteiger charge is -2.48. The van der Waals surface area contributed by atoms with Gasteiger partial charge in [0.1, 0.15) is 11.5 Å². The van der Waals surface area contributed by atoms with Crippen molar-refractivity contribution in [2.45, 2.75) is 164 Å². The fourth-order valence-electron chi connectivity index (χ4n) is 16.8. The smallest absolute Gasteiger partial charge is 0.264 e. The number of nitrogens with zero attached hydrogens (tertiary/aromatic N) is 4. The zero-order chi connectivity index (χ0) is 62.7. The van der Waals surface area contributed by atoms with Gasteiger partial charge in [-0.1, -0.05) is 61.0 Å². The van der Waals surface area contributed by atoms with Crippen molar-refractivity contribution in [1.29, 1.82) is 0 Å². The van der Waals surface area contributed by atoms with Gasteiger partial charge < -0.3 is 29.1 Å². The minimum absolute atomic E-state index is 0.0988. The van der Waals surface area contributed by atoms with Crippen LogP contribution in [0.25, 0.3) is 0 Å². The van der Waals surface area contributed by atoms with E-state index in [1.54, 1.807) is 12.1 Å². The summed E-state index contributed by atoms with van der Waals surface area (Å²) in [6.45, 7) is 4.06. The minimum Gasteiger partial charge on any atom is -0.490 e. The Kier molecular flexibility index (Phi) is 18.1. The van der Waals surface area contributed by atoms with E-state index in [9.17, 15) is 36.0 Å². The van der Waals surface area contributed by atoms with E-state index in [2.05, 4.69) is 43.5 Å². The molecule has 0 unspecified atom stereocenters. The van der Waals surface area contributed by atoms with Crippen LogP contribution < -0.4 is 28.7 Å². The van der Waals surface area contributed by atoms with E-state index in [1.165, 1.54) is 22.3 Å². The van der Waals surface area contributed by atoms with Gasteiger partial charge in [-0.05, 0) is 222 Å². The van der Waals surface area contributed by atoms with Crippen molar-refractivity contribution in [3.63, 3.8) is 0 Å². The molecule has 4 aromatic carbocycles. The molecule has 0 aromatic heterocycles. The third-order valence-corrected chi connectivity index (χ3v) is 25.4. The Balaban J connectivity index is 0.000000165. The number of hydrogen-bond donors (Lipinski definition) is 2. The highest BCUT2D eigenvalue weighted by molar-refractivity contribution is 7.90. The molecule has 4 aliphatic heterocycles. The van der Waals surface area contributed by atoms with Crippen molar-refractivity contribution in [1.82, 2.24) is 19.2 Å². The van der Waals surface area contributed by atoms with Crippen LogP contribution in [0.1, 0.15) is 171 Å². The molecule has 8 atom stereocenters. The van der Waals surface area contributed by atoms with Gasteiger partial charge in [0.25, 0.3) is 11.8 Å². The van der Waals surface area contributed by atoms with Gasteiger partial charge in [-0.2, -0.15) is 0 Å². The molecule has 4 amide bonds. The molecule has 16 nitrogen and oxygen atoms in total. The van der Waals surface area contributed by atoms with Crippen molar-refractivity contribution in [2.75, 3.05) is 74.8 Å². The van der Waals surface area contributed by atoms with Crippen molar-refractivity contribution in [3.8, 4) is 11.5 Å². The Bertz CT molecular complexity index is 3420. The van der Waals surface area contributed by atoms with Gasteiger partial charge in [-0.25, -0.2) is 26.3 Å². The molecule has 484 valence electrons. The maximum Gasteiger partial charge on any atom is 0.264 e. The average molecular weight is 1310 g/mol. The summed E-state index contributed by atoms with van der Waals surface area (Å²) < 4.78 is 69.3. The van der Waals surface area contributed by atoms with E-state index in [0.717, 1.165) is 176 Å². The highest BCUT2D eigenvalue weighted by atomic mass is 35.5. The van der Waals surface area contributed by atoms with Crippen LogP contribution in [0.5, 0.6) is 11.5 Å². The summed E-state index contributed by atoms with van der Waals surface area (Å²) in [6, 6.07) is 23.3. The normalized spacial score (nSPS) is 29.7. The Morgan fingerprint density at radius 3 is 1.33 bits per heavy atom. The number of benzene rings is 4. The van der Waals surface area contributed by atoms with E-state index < -0.39 is 31.9 Å². The number of rotatable bonds is 4. The SMILES string of the molecule is CN(C(=O)C1CC1)[C@@H]1CCCCCS(=O)(=O)NC(=O)c2ccc3c(c2)N(C[C@@H]2CC[C@H]21)C[C@@]1(CCCc2cc(Cl)ccc21)CO3.CN(C(=O)C1CC1)[C@H]1CCCCCS(=O)(=O)NC(=O)c2ccc3c(c2)N(C[C@@H]2CC[C@H]21)C[C@@]1(CCCc2cc(Cl)ccc21)CO3. The second-order valence-electron chi connectivity index (χ2n) is 28.4. The number of aryl methyl sites for hydroxylation is 2. The van der Waals surface area contributed by atoms with Gasteiger partial charge >= 0.3 is 0 Å². The summed E-state index contributed by atoms with van der Waals surface area (Å²) in [7, 11) is -3.60. The Hall–Kier alpha value is -5.56. The topological polar surface area (TPSA) is 192 Å². The first-order valence-corrected chi connectivity index (χ1v) is 37.6. The van der Waals surface area contributed by atoms with Crippen LogP contribution in [0.2, 0.25) is 10.0 Å². The number of amides is 4. The summed E-state index contributed by atoms with van der Waals surface area (Å²) in [4.78, 5) is 62.0. The molecule has 2 spiro atoms. The zero-order valence-corrected chi connectivity index (χ0v) is 55.3. The van der Waals surface area contributed by atoms with Crippen LogP contribution in [0.4, 0.5) is 11.4 Å². The first-order chi connectivity index (χ1) is 43.2. The average Bonchev–Trinajstić information content (AvgIpc) is 1.95. The highest BCUT2D eigenvalue weighted by Gasteiger charge is 2.49. The van der Waals surface area contributed by atoms with Gasteiger partial charge in [0.2, 0.25) is 31.9 Å². The van der Waals surface area contributed by atoms with E-state index in [4.69, 9.17) is 32.7 Å². The molecule has 4 heterocycles. The zero-order valence-electron chi connectivity index (χ0n) is 52.2. The third kappa shape index (κ3) is 13.3. The van der Waals surface area contributed by atoms with E-state index in [1.807, 2.05) is 60.3 Å². The van der Waals surface area contributed by atoms with Crippen molar-refractivity contribution in [3.05, 3.63) is 116 Å². The van der Waals surface area contributed by atoms with Crippen LogP contribution in [-0.2, 0) is 53.3 Å². The second kappa shape index (κ2) is 25.7. The maximum absolute atomic E-state index is 13.3. The van der Waals surface area contributed by atoms with Crippen molar-refractivity contribution >= 4 is 78.3 Å². The number of carbonyl (C=O) groups is 4. The lowest BCUT2D eigenvalue weighted by atomic mass is 9.67. The fraction of sp³-hybridized carbons (Fsp3) is 0.600. The van der Waals surface area contributed by atoms with Gasteiger partial charge in [-0.15, -0.1) is 0 Å². The van der Waals surface area contributed by atoms with Crippen LogP contribution in [0, 0.1) is 35.5 Å². The molecule has 2 N–H and O–H groups in total. The molecular formula is C70H88Cl2N6O10S2. The number of halogens is 2. The molecular weight excluding hydrogens is 1220 g/mol. The Labute approximate surface area is 541 Å². The van der Waals surface area contributed by atoms with Crippen molar-refractivity contribution in [2.24, 2.45) is 35.5 Å². The molecule has 6 aliphatic carbocycles. The number of ether oxygens (including phenoxy) is 2. The van der Waals surface area contributed by atoms with E-state index >= 15 is 0 Å². The van der Waals surface area contributed by atoms with Gasteiger partial charge in [0.05, 0.1) is 36.1 Å². The summed E-state index contributed by atoms with van der Waals surface area (Å²) >= 11 is 12.9. The summed E-state index contributed by atoms with van der Waals surface area (Å²) in [5.41, 5.74) is 6.87. The number of fused-ring (bicyclic) bond motifs is 8. The van der Waals surface area contributed by atoms with Gasteiger partial charge in [-0.3, -0.25) is 19.2 Å². The number of nitrogens with one attached hydrogen (secondary N) is 2. The quantitative estimate of drug-likeness (QED) is 0.197. The Morgan fingerprint density at radius 1 is 0.522 bits per heavy atom. The molecule has 4 saturated carbocycles. The molecule has 90 heavy (non-hydrogen) atoms. The largest absolute Gasteiger partial charge is 0.490 e. The maximum atomic E-state index is 13.3. The predicted octanol–water partition coefficient (Wildman–Crippen LogP) is 11.4. The second-order valence-corrected chi connectivity index (χ2v) is 32.9.